The lowest BCUT2D eigenvalue weighted by Crippen LogP contribution is -2.58. The van der Waals surface area contributed by atoms with E-state index in [9.17, 15) is 19.5 Å². The quantitative estimate of drug-likeness (QED) is 0.364. The molecule has 216 valence electrons. The van der Waals surface area contributed by atoms with Crippen LogP contribution in [0.15, 0.2) is 60.8 Å². The van der Waals surface area contributed by atoms with Crippen LogP contribution in [0.3, 0.4) is 0 Å². The molecule has 3 aromatic rings. The first-order valence-electron chi connectivity index (χ1n) is 13.7. The van der Waals surface area contributed by atoms with Gasteiger partial charge in [-0.3, -0.25) is 4.90 Å². The van der Waals surface area contributed by atoms with Crippen LogP contribution in [-0.4, -0.2) is 70.7 Å². The number of aromatic nitrogens is 1. The van der Waals surface area contributed by atoms with Crippen molar-refractivity contribution >= 4 is 18.2 Å². The normalized spacial score (nSPS) is 18.2. The molecule has 41 heavy (non-hydrogen) atoms. The fraction of sp³-hybridized carbons (Fsp3) is 0.387. The minimum Gasteiger partial charge on any atom is -0.477 e. The van der Waals surface area contributed by atoms with Gasteiger partial charge in [0.05, 0.1) is 25.2 Å². The van der Waals surface area contributed by atoms with Gasteiger partial charge in [-0.25, -0.2) is 14.4 Å². The molecule has 10 heteroatoms. The Bertz CT molecular complexity index is 1380. The van der Waals surface area contributed by atoms with Crippen LogP contribution in [0.1, 0.15) is 60.3 Å². The second-order valence-corrected chi connectivity index (χ2v) is 11.3. The number of carboxylic acids is 1. The van der Waals surface area contributed by atoms with Crippen LogP contribution in [0.2, 0.25) is 0 Å². The summed E-state index contributed by atoms with van der Waals surface area (Å²) in [6.45, 7) is 6.10. The van der Waals surface area contributed by atoms with Crippen molar-refractivity contribution in [3.8, 4) is 11.1 Å². The second-order valence-electron chi connectivity index (χ2n) is 11.3. The molecule has 3 N–H and O–H groups in total. The molecule has 1 aliphatic carbocycles. The van der Waals surface area contributed by atoms with E-state index in [1.54, 1.807) is 31.9 Å². The Kier molecular flexibility index (Phi) is 8.03. The Labute approximate surface area is 238 Å². The average Bonchev–Trinajstić information content (AvgIpc) is 3.53. The summed E-state index contributed by atoms with van der Waals surface area (Å²) in [7, 11) is 0. The molecule has 2 atom stereocenters. The Morgan fingerprint density at radius 2 is 1.73 bits per heavy atom. The van der Waals surface area contributed by atoms with E-state index < -0.39 is 35.8 Å². The van der Waals surface area contributed by atoms with Crippen molar-refractivity contribution in [3.63, 3.8) is 0 Å². The van der Waals surface area contributed by atoms with Gasteiger partial charge in [-0.15, -0.1) is 0 Å². The fourth-order valence-electron chi connectivity index (χ4n) is 5.54. The molecule has 2 amide bonds. The van der Waals surface area contributed by atoms with Gasteiger partial charge in [-0.1, -0.05) is 48.5 Å². The molecule has 2 heterocycles. The summed E-state index contributed by atoms with van der Waals surface area (Å²) in [5.41, 5.74) is 4.36. The predicted molar refractivity (Wildman–Crippen MR) is 151 cm³/mol. The van der Waals surface area contributed by atoms with Gasteiger partial charge in [0.15, 0.2) is 0 Å². The molecule has 0 bridgehead atoms. The van der Waals surface area contributed by atoms with E-state index in [0.29, 0.717) is 18.6 Å². The largest absolute Gasteiger partial charge is 0.477 e. The highest BCUT2D eigenvalue weighted by Gasteiger charge is 2.37. The minimum absolute atomic E-state index is 0.0166. The highest BCUT2D eigenvalue weighted by Crippen LogP contribution is 2.44. The topological polar surface area (TPSA) is 130 Å². The molecule has 10 nitrogen and oxygen atoms in total. The Morgan fingerprint density at radius 1 is 1.07 bits per heavy atom. The highest BCUT2D eigenvalue weighted by atomic mass is 16.6. The van der Waals surface area contributed by atoms with Crippen molar-refractivity contribution in [2.24, 2.45) is 0 Å². The molecule has 1 fully saturated rings. The third kappa shape index (κ3) is 6.38. The smallest absolute Gasteiger partial charge is 0.410 e. The van der Waals surface area contributed by atoms with Crippen molar-refractivity contribution in [3.05, 3.63) is 83.2 Å². The molecule has 1 aliphatic heterocycles. The molecule has 0 spiro atoms. The number of fused-ring (bicyclic) bond motifs is 3. The number of benzene rings is 2. The van der Waals surface area contributed by atoms with Crippen LogP contribution >= 0.6 is 0 Å². The van der Waals surface area contributed by atoms with Gasteiger partial charge in [0.2, 0.25) is 0 Å². The number of aromatic amines is 1. The number of hydrogen-bond donors (Lipinski definition) is 3. The summed E-state index contributed by atoms with van der Waals surface area (Å²) in [6.07, 6.45) is 0.831. The van der Waals surface area contributed by atoms with Crippen LogP contribution in [0.4, 0.5) is 9.59 Å². The van der Waals surface area contributed by atoms with Gasteiger partial charge in [0.1, 0.15) is 17.9 Å². The fourth-order valence-corrected chi connectivity index (χ4v) is 5.54. The van der Waals surface area contributed by atoms with E-state index in [1.807, 2.05) is 24.3 Å². The molecule has 5 rings (SSSR count). The Hall–Kier alpha value is -4.31. The van der Waals surface area contributed by atoms with Crippen molar-refractivity contribution < 1.29 is 33.7 Å². The third-order valence-corrected chi connectivity index (χ3v) is 7.32. The summed E-state index contributed by atoms with van der Waals surface area (Å²) in [5.74, 6) is -1.22. The van der Waals surface area contributed by atoms with E-state index in [4.69, 9.17) is 14.2 Å². The lowest BCUT2D eigenvalue weighted by Gasteiger charge is -2.39. The van der Waals surface area contributed by atoms with Crippen LogP contribution in [0.25, 0.3) is 11.1 Å². The maximum atomic E-state index is 13.8. The number of rotatable bonds is 7. The second kappa shape index (κ2) is 11.7. The molecule has 0 unspecified atom stereocenters. The van der Waals surface area contributed by atoms with Gasteiger partial charge in [0, 0.05) is 18.7 Å². The number of hydrogen-bond acceptors (Lipinski definition) is 6. The minimum atomic E-state index is -1.10. The summed E-state index contributed by atoms with van der Waals surface area (Å²) < 4.78 is 17.1. The number of amides is 2. The third-order valence-electron chi connectivity index (χ3n) is 7.32. The van der Waals surface area contributed by atoms with Crippen LogP contribution in [-0.2, 0) is 20.8 Å². The number of aromatic carboxylic acids is 1. The summed E-state index contributed by atoms with van der Waals surface area (Å²) >= 11 is 0. The summed E-state index contributed by atoms with van der Waals surface area (Å²) in [5, 5.41) is 12.2. The van der Waals surface area contributed by atoms with E-state index in [0.717, 1.165) is 22.3 Å². The van der Waals surface area contributed by atoms with Crippen molar-refractivity contribution in [2.75, 3.05) is 19.8 Å². The van der Waals surface area contributed by atoms with Gasteiger partial charge >= 0.3 is 18.2 Å². The van der Waals surface area contributed by atoms with Crippen LogP contribution < -0.4 is 5.32 Å². The van der Waals surface area contributed by atoms with E-state index >= 15 is 0 Å². The number of carbonyl (C=O) groups excluding carboxylic acids is 2. The molecule has 0 saturated carbocycles. The zero-order valence-corrected chi connectivity index (χ0v) is 23.4. The SMILES string of the molecule is CC(C)(C)OC(=O)N[C@H]1COCC[C@H]1N(Cc1c[nH]c(C(=O)O)c1)C(=O)OCC1c2ccccc2-c2ccccc21. The number of carbonyl (C=O) groups is 3. The van der Waals surface area contributed by atoms with Gasteiger partial charge in [-0.2, -0.15) is 0 Å². The lowest BCUT2D eigenvalue weighted by atomic mass is 9.98. The Balaban J connectivity index is 1.38. The predicted octanol–water partition coefficient (Wildman–Crippen LogP) is 5.15. The van der Waals surface area contributed by atoms with E-state index in [2.05, 4.69) is 34.6 Å². The number of carboxylic acid groups (broad SMARTS) is 1. The summed E-state index contributed by atoms with van der Waals surface area (Å²) in [4.78, 5) is 42.2. The molecule has 0 radical (unpaired) electrons. The maximum absolute atomic E-state index is 13.8. The number of ether oxygens (including phenoxy) is 3. The molecular formula is C31H35N3O7. The molecule has 1 saturated heterocycles. The van der Waals surface area contributed by atoms with Crippen molar-refractivity contribution in [2.45, 2.75) is 57.3 Å². The standard InChI is InChI=1S/C31H35N3O7/c1-31(2,3)41-29(37)33-26-18-39-13-12-27(26)34(16-19-14-25(28(35)36)32-15-19)30(38)40-17-24-22-10-6-4-8-20(22)21-9-5-7-11-23(21)24/h4-11,14-15,24,26-27,32H,12-13,16-18H2,1-3H3,(H,33,37)(H,35,36)/t26-,27+/m0/s1. The monoisotopic (exact) mass is 561 g/mol. The van der Waals surface area contributed by atoms with Crippen molar-refractivity contribution in [1.82, 2.24) is 15.2 Å². The Morgan fingerprint density at radius 3 is 2.34 bits per heavy atom. The van der Waals surface area contributed by atoms with Crippen LogP contribution in [0.5, 0.6) is 0 Å². The zero-order valence-electron chi connectivity index (χ0n) is 23.4. The molecular weight excluding hydrogens is 526 g/mol. The van der Waals surface area contributed by atoms with Gasteiger partial charge in [0.25, 0.3) is 0 Å². The zero-order chi connectivity index (χ0) is 29.1. The first kappa shape index (κ1) is 28.2. The molecule has 1 aromatic heterocycles. The van der Waals surface area contributed by atoms with Crippen molar-refractivity contribution in [1.29, 1.82) is 0 Å². The number of nitrogens with one attached hydrogen (secondary N) is 2. The first-order valence-corrected chi connectivity index (χ1v) is 13.7. The van der Waals surface area contributed by atoms with Gasteiger partial charge < -0.3 is 29.6 Å². The van der Waals surface area contributed by atoms with Gasteiger partial charge in [-0.05, 0) is 61.1 Å². The average molecular weight is 562 g/mol. The first-order chi connectivity index (χ1) is 19.6. The van der Waals surface area contributed by atoms with E-state index in [1.165, 1.54) is 6.07 Å². The number of alkyl carbamates (subject to hydrolysis) is 1. The molecule has 2 aliphatic rings. The lowest BCUT2D eigenvalue weighted by molar-refractivity contribution is -0.00705. The number of nitrogens with zero attached hydrogens (tertiary/aromatic N) is 1. The summed E-state index contributed by atoms with van der Waals surface area (Å²) in [6, 6.07) is 16.7. The highest BCUT2D eigenvalue weighted by molar-refractivity contribution is 5.85. The van der Waals surface area contributed by atoms with Crippen LogP contribution in [0, 0.1) is 0 Å². The molecule has 2 aromatic carbocycles. The maximum Gasteiger partial charge on any atom is 0.410 e. The number of H-pyrrole nitrogens is 1. The van der Waals surface area contributed by atoms with E-state index in [-0.39, 0.29) is 31.4 Å².